The number of amides is 3. The summed E-state index contributed by atoms with van der Waals surface area (Å²) in [6.07, 6.45) is 2.20. The molecular formula is C27H28N4O5. The van der Waals surface area contributed by atoms with Crippen LogP contribution in [-0.2, 0) is 27.3 Å². The van der Waals surface area contributed by atoms with Gasteiger partial charge in [-0.2, -0.15) is 0 Å². The fourth-order valence-electron chi connectivity index (χ4n) is 3.73. The summed E-state index contributed by atoms with van der Waals surface area (Å²) >= 11 is 0. The second-order valence-electron chi connectivity index (χ2n) is 8.29. The summed E-state index contributed by atoms with van der Waals surface area (Å²) in [6, 6.07) is 20.4. The van der Waals surface area contributed by atoms with Crippen LogP contribution in [0.15, 0.2) is 72.9 Å². The molecule has 2 aromatic carbocycles. The molecule has 0 atom stereocenters. The Morgan fingerprint density at radius 2 is 1.67 bits per heavy atom. The molecule has 9 heteroatoms. The number of aromatic nitrogens is 1. The Hall–Kier alpha value is -4.40. The average molecular weight is 489 g/mol. The summed E-state index contributed by atoms with van der Waals surface area (Å²) in [5.74, 6) is 0.769. The average Bonchev–Trinajstić information content (AvgIpc) is 3.36. The minimum absolute atomic E-state index is 0.0251. The zero-order chi connectivity index (χ0) is 25.2. The van der Waals surface area contributed by atoms with Crippen LogP contribution in [0.5, 0.6) is 11.5 Å². The highest BCUT2D eigenvalue weighted by molar-refractivity contribution is 5.93. The van der Waals surface area contributed by atoms with E-state index in [0.717, 1.165) is 11.1 Å². The standard InChI is InChI=1S/C27H28N4O5/c32-25(30-24-8-4-5-14-28-24)11-12-27(34)31(17-21-9-10-22-23(16-21)36-19-35-22)18-26(33)29-15-13-20-6-2-1-3-7-20/h1-10,14,16H,11-13,15,17-19H2,(H,29,33)(H,28,30,32). The van der Waals surface area contributed by atoms with Gasteiger partial charge in [-0.15, -0.1) is 0 Å². The van der Waals surface area contributed by atoms with Crippen LogP contribution in [0.2, 0.25) is 0 Å². The predicted octanol–water partition coefficient (Wildman–Crippen LogP) is 2.92. The van der Waals surface area contributed by atoms with E-state index in [0.29, 0.717) is 30.3 Å². The zero-order valence-electron chi connectivity index (χ0n) is 19.8. The molecule has 9 nitrogen and oxygen atoms in total. The predicted molar refractivity (Wildman–Crippen MR) is 133 cm³/mol. The van der Waals surface area contributed by atoms with E-state index >= 15 is 0 Å². The Labute approximate surface area is 209 Å². The lowest BCUT2D eigenvalue weighted by molar-refractivity contribution is -0.137. The Balaban J connectivity index is 1.35. The smallest absolute Gasteiger partial charge is 0.239 e. The summed E-state index contributed by atoms with van der Waals surface area (Å²) in [5, 5.41) is 5.54. The van der Waals surface area contributed by atoms with Gasteiger partial charge in [-0.05, 0) is 41.8 Å². The highest BCUT2D eigenvalue weighted by Gasteiger charge is 2.21. The number of anilines is 1. The van der Waals surface area contributed by atoms with Crippen molar-refractivity contribution < 1.29 is 23.9 Å². The molecule has 1 aliphatic heterocycles. The first kappa shape index (κ1) is 24.7. The van der Waals surface area contributed by atoms with Gasteiger partial charge in [0, 0.05) is 32.1 Å². The van der Waals surface area contributed by atoms with E-state index in [9.17, 15) is 14.4 Å². The van der Waals surface area contributed by atoms with Crippen LogP contribution in [0.3, 0.4) is 0 Å². The molecule has 4 rings (SSSR count). The second-order valence-corrected chi connectivity index (χ2v) is 8.29. The molecular weight excluding hydrogens is 460 g/mol. The molecule has 1 aromatic heterocycles. The largest absolute Gasteiger partial charge is 0.454 e. The van der Waals surface area contributed by atoms with Crippen molar-refractivity contribution in [3.63, 3.8) is 0 Å². The first-order chi connectivity index (χ1) is 17.6. The molecule has 2 N–H and O–H groups in total. The molecule has 0 spiro atoms. The molecule has 36 heavy (non-hydrogen) atoms. The number of carbonyl (C=O) groups excluding carboxylic acids is 3. The first-order valence-corrected chi connectivity index (χ1v) is 11.7. The van der Waals surface area contributed by atoms with Crippen LogP contribution in [0.1, 0.15) is 24.0 Å². The van der Waals surface area contributed by atoms with Gasteiger partial charge >= 0.3 is 0 Å². The van der Waals surface area contributed by atoms with Crippen molar-refractivity contribution in [1.29, 1.82) is 0 Å². The number of hydrogen-bond acceptors (Lipinski definition) is 6. The molecule has 0 fully saturated rings. The van der Waals surface area contributed by atoms with Gasteiger partial charge in [0.1, 0.15) is 5.82 Å². The van der Waals surface area contributed by atoms with Crippen molar-refractivity contribution >= 4 is 23.5 Å². The van der Waals surface area contributed by atoms with Crippen molar-refractivity contribution in [2.24, 2.45) is 0 Å². The number of ether oxygens (including phenoxy) is 2. The van der Waals surface area contributed by atoms with Crippen LogP contribution in [0, 0.1) is 0 Å². The highest BCUT2D eigenvalue weighted by atomic mass is 16.7. The summed E-state index contributed by atoms with van der Waals surface area (Å²) < 4.78 is 10.8. The Morgan fingerprint density at radius 1 is 0.861 bits per heavy atom. The van der Waals surface area contributed by atoms with Gasteiger partial charge in [-0.1, -0.05) is 42.5 Å². The van der Waals surface area contributed by atoms with E-state index in [1.165, 1.54) is 4.90 Å². The number of hydrogen-bond donors (Lipinski definition) is 2. The van der Waals surface area contributed by atoms with Crippen molar-refractivity contribution in [2.45, 2.75) is 25.8 Å². The fourth-order valence-corrected chi connectivity index (χ4v) is 3.73. The monoisotopic (exact) mass is 488 g/mol. The van der Waals surface area contributed by atoms with Gasteiger partial charge in [0.15, 0.2) is 11.5 Å². The van der Waals surface area contributed by atoms with Gasteiger partial charge in [0.25, 0.3) is 0 Å². The van der Waals surface area contributed by atoms with Crippen LogP contribution in [-0.4, -0.2) is 47.5 Å². The van der Waals surface area contributed by atoms with E-state index < -0.39 is 0 Å². The lowest BCUT2D eigenvalue weighted by Gasteiger charge is -2.22. The van der Waals surface area contributed by atoms with Crippen LogP contribution < -0.4 is 20.1 Å². The van der Waals surface area contributed by atoms with Crippen LogP contribution in [0.25, 0.3) is 0 Å². The SMILES string of the molecule is O=C(CN(Cc1ccc2c(c1)OCO2)C(=O)CCC(=O)Nc1ccccn1)NCCc1ccccc1. The Bertz CT molecular complexity index is 1190. The third kappa shape index (κ3) is 7.30. The molecule has 186 valence electrons. The second kappa shape index (κ2) is 12.3. The normalized spacial score (nSPS) is 11.6. The van der Waals surface area contributed by atoms with Gasteiger partial charge < -0.3 is 25.0 Å². The molecule has 3 aromatic rings. The molecule has 0 radical (unpaired) electrons. The number of pyridine rings is 1. The maximum Gasteiger partial charge on any atom is 0.239 e. The van der Waals surface area contributed by atoms with E-state index in [-0.39, 0.29) is 50.4 Å². The van der Waals surface area contributed by atoms with Crippen LogP contribution in [0.4, 0.5) is 5.82 Å². The third-order valence-electron chi connectivity index (χ3n) is 5.57. The molecule has 2 heterocycles. The number of carbonyl (C=O) groups is 3. The Kier molecular flexibility index (Phi) is 8.48. The lowest BCUT2D eigenvalue weighted by atomic mass is 10.1. The number of fused-ring (bicyclic) bond motifs is 1. The topological polar surface area (TPSA) is 110 Å². The molecule has 3 amide bonds. The highest BCUT2D eigenvalue weighted by Crippen LogP contribution is 2.32. The third-order valence-corrected chi connectivity index (χ3v) is 5.57. The minimum Gasteiger partial charge on any atom is -0.454 e. The molecule has 0 bridgehead atoms. The first-order valence-electron chi connectivity index (χ1n) is 11.7. The summed E-state index contributed by atoms with van der Waals surface area (Å²) in [5.41, 5.74) is 1.91. The fraction of sp³-hybridized carbons (Fsp3) is 0.259. The zero-order valence-corrected chi connectivity index (χ0v) is 19.8. The summed E-state index contributed by atoms with van der Waals surface area (Å²) in [6.45, 7) is 0.686. The molecule has 1 aliphatic rings. The molecule has 0 saturated heterocycles. The molecule has 0 unspecified atom stereocenters. The number of rotatable bonds is 11. The van der Waals surface area contributed by atoms with Gasteiger partial charge in [0.05, 0.1) is 6.54 Å². The van der Waals surface area contributed by atoms with E-state index in [2.05, 4.69) is 15.6 Å². The van der Waals surface area contributed by atoms with E-state index in [1.54, 1.807) is 36.5 Å². The van der Waals surface area contributed by atoms with Crippen molar-refractivity contribution in [2.75, 3.05) is 25.2 Å². The minimum atomic E-state index is -0.322. The van der Waals surface area contributed by atoms with Gasteiger partial charge in [-0.25, -0.2) is 4.98 Å². The Morgan fingerprint density at radius 3 is 2.47 bits per heavy atom. The molecule has 0 aliphatic carbocycles. The quantitative estimate of drug-likeness (QED) is 0.430. The van der Waals surface area contributed by atoms with Crippen molar-refractivity contribution in [1.82, 2.24) is 15.2 Å². The number of nitrogens with zero attached hydrogens (tertiary/aromatic N) is 2. The van der Waals surface area contributed by atoms with Crippen molar-refractivity contribution in [3.8, 4) is 11.5 Å². The number of benzene rings is 2. The van der Waals surface area contributed by atoms with E-state index in [1.807, 2.05) is 36.4 Å². The maximum absolute atomic E-state index is 13.1. The summed E-state index contributed by atoms with van der Waals surface area (Å²) in [4.78, 5) is 43.5. The lowest BCUT2D eigenvalue weighted by Crippen LogP contribution is -2.41. The number of nitrogens with one attached hydrogen (secondary N) is 2. The van der Waals surface area contributed by atoms with Crippen LogP contribution >= 0.6 is 0 Å². The van der Waals surface area contributed by atoms with Gasteiger partial charge in [-0.3, -0.25) is 14.4 Å². The summed E-state index contributed by atoms with van der Waals surface area (Å²) in [7, 11) is 0. The maximum atomic E-state index is 13.1. The van der Waals surface area contributed by atoms with Gasteiger partial charge in [0.2, 0.25) is 24.5 Å². The van der Waals surface area contributed by atoms with Crippen molar-refractivity contribution in [3.05, 3.63) is 84.1 Å². The molecule has 0 saturated carbocycles. The van der Waals surface area contributed by atoms with E-state index in [4.69, 9.17) is 9.47 Å².